The molecule has 0 radical (unpaired) electrons. The van der Waals surface area contributed by atoms with Gasteiger partial charge in [-0.1, -0.05) is 12.1 Å². The molecule has 1 fully saturated rings. The van der Waals surface area contributed by atoms with Crippen LogP contribution in [0.2, 0.25) is 0 Å². The molecule has 2 heterocycles. The van der Waals surface area contributed by atoms with Crippen LogP contribution >= 0.6 is 0 Å². The Kier molecular flexibility index (Phi) is 6.44. The predicted molar refractivity (Wildman–Crippen MR) is 124 cm³/mol. The number of hydrogen-bond donors (Lipinski definition) is 1. The normalized spacial score (nSPS) is 15.3. The van der Waals surface area contributed by atoms with E-state index in [-0.39, 0.29) is 11.3 Å². The molecule has 1 N–H and O–H groups in total. The molecule has 1 aliphatic rings. The van der Waals surface area contributed by atoms with E-state index in [1.54, 1.807) is 23.9 Å². The van der Waals surface area contributed by atoms with Gasteiger partial charge in [-0.05, 0) is 57.3 Å². The molecule has 0 unspecified atom stereocenters. The van der Waals surface area contributed by atoms with E-state index in [0.717, 1.165) is 50.5 Å². The zero-order valence-electron chi connectivity index (χ0n) is 18.2. The summed E-state index contributed by atoms with van der Waals surface area (Å²) in [5.74, 6) is 0.0193. The monoisotopic (exact) mass is 419 g/mol. The molecule has 0 atom stereocenters. The van der Waals surface area contributed by atoms with Gasteiger partial charge in [-0.2, -0.15) is 0 Å². The van der Waals surface area contributed by atoms with Crippen LogP contribution < -0.4 is 10.9 Å². The van der Waals surface area contributed by atoms with E-state index in [2.05, 4.69) is 27.1 Å². The van der Waals surface area contributed by atoms with E-state index < -0.39 is 0 Å². The van der Waals surface area contributed by atoms with Crippen LogP contribution in [0.15, 0.2) is 53.6 Å². The van der Waals surface area contributed by atoms with Crippen LogP contribution in [0.3, 0.4) is 0 Å². The number of aromatic nitrogens is 2. The van der Waals surface area contributed by atoms with Gasteiger partial charge in [-0.15, -0.1) is 0 Å². The van der Waals surface area contributed by atoms with E-state index in [0.29, 0.717) is 23.0 Å². The van der Waals surface area contributed by atoms with Crippen LogP contribution in [-0.4, -0.2) is 64.9 Å². The molecular weight excluding hydrogens is 390 g/mol. The lowest BCUT2D eigenvalue weighted by molar-refractivity contribution is 0.101. The molecule has 7 heteroatoms. The minimum atomic E-state index is -0.0236. The Labute approximate surface area is 182 Å². The van der Waals surface area contributed by atoms with Gasteiger partial charge in [0.25, 0.3) is 5.56 Å². The third kappa shape index (κ3) is 5.18. The number of aryl methyl sites for hydroxylation is 1. The van der Waals surface area contributed by atoms with Crippen molar-refractivity contribution in [1.82, 2.24) is 19.4 Å². The molecule has 0 saturated carbocycles. The van der Waals surface area contributed by atoms with Gasteiger partial charge in [0.1, 0.15) is 0 Å². The van der Waals surface area contributed by atoms with Crippen molar-refractivity contribution in [1.29, 1.82) is 0 Å². The lowest BCUT2D eigenvalue weighted by Gasteiger charge is -2.32. The van der Waals surface area contributed by atoms with Crippen molar-refractivity contribution in [3.05, 3.63) is 64.7 Å². The van der Waals surface area contributed by atoms with E-state index in [4.69, 9.17) is 0 Å². The number of nitrogens with one attached hydrogen (secondary N) is 1. The van der Waals surface area contributed by atoms with Gasteiger partial charge in [0.05, 0.1) is 17.2 Å². The highest BCUT2D eigenvalue weighted by Gasteiger charge is 2.13. The summed E-state index contributed by atoms with van der Waals surface area (Å²) in [5.41, 5.74) is 2.91. The quantitative estimate of drug-likeness (QED) is 0.594. The molecule has 0 aliphatic carbocycles. The number of Topliss-reactive ketones (excluding diaryl/α,β-unsaturated/α-hetero) is 1. The summed E-state index contributed by atoms with van der Waals surface area (Å²) in [7, 11) is 2.15. The van der Waals surface area contributed by atoms with Crippen molar-refractivity contribution >= 4 is 28.1 Å². The Hall–Kier alpha value is -3.03. The van der Waals surface area contributed by atoms with Gasteiger partial charge in [0.2, 0.25) is 0 Å². The van der Waals surface area contributed by atoms with Crippen LogP contribution in [0.25, 0.3) is 10.9 Å². The summed E-state index contributed by atoms with van der Waals surface area (Å²) in [6.45, 7) is 7.57. The molecule has 2 aromatic carbocycles. The van der Waals surface area contributed by atoms with Gasteiger partial charge in [0, 0.05) is 49.7 Å². The Morgan fingerprint density at radius 2 is 1.81 bits per heavy atom. The van der Waals surface area contributed by atoms with Gasteiger partial charge in [-0.25, -0.2) is 4.98 Å². The summed E-state index contributed by atoms with van der Waals surface area (Å²) in [4.78, 5) is 33.9. The number of carbonyl (C=O) groups is 1. The minimum Gasteiger partial charge on any atom is -0.355 e. The van der Waals surface area contributed by atoms with Gasteiger partial charge in [0.15, 0.2) is 5.78 Å². The van der Waals surface area contributed by atoms with Gasteiger partial charge < -0.3 is 15.1 Å². The number of likely N-dealkylation sites (N-methyl/N-ethyl adjacent to an activating group) is 1. The molecule has 1 aromatic heterocycles. The topological polar surface area (TPSA) is 70.5 Å². The fourth-order valence-corrected chi connectivity index (χ4v) is 3.91. The molecule has 0 bridgehead atoms. The highest BCUT2D eigenvalue weighted by atomic mass is 16.1. The third-order valence-electron chi connectivity index (χ3n) is 5.85. The standard InChI is InChI=1S/C24H29N5O2/c1-18(30)19-5-3-6-20(15-19)26-21-7-8-23-22(16-21)24(31)29(17-25-23)10-4-9-28-13-11-27(2)12-14-28/h3,5-8,15-17,26H,4,9-14H2,1-2H3. The average Bonchev–Trinajstić information content (AvgIpc) is 2.77. The second-order valence-electron chi connectivity index (χ2n) is 8.24. The minimum absolute atomic E-state index is 0.0193. The van der Waals surface area contributed by atoms with Crippen LogP contribution in [0.1, 0.15) is 23.7 Å². The summed E-state index contributed by atoms with van der Waals surface area (Å²) >= 11 is 0. The van der Waals surface area contributed by atoms with Crippen LogP contribution in [0.5, 0.6) is 0 Å². The SMILES string of the molecule is CC(=O)c1cccc(Nc2ccc3ncn(CCCN4CCN(C)CC4)c(=O)c3c2)c1. The first-order chi connectivity index (χ1) is 15.0. The molecule has 31 heavy (non-hydrogen) atoms. The third-order valence-corrected chi connectivity index (χ3v) is 5.85. The molecule has 3 aromatic rings. The molecular formula is C24H29N5O2. The second-order valence-corrected chi connectivity index (χ2v) is 8.24. The second kappa shape index (κ2) is 9.41. The van der Waals surface area contributed by atoms with Gasteiger partial charge in [-0.3, -0.25) is 14.2 Å². The maximum atomic E-state index is 13.0. The predicted octanol–water partition coefficient (Wildman–Crippen LogP) is 2.98. The summed E-state index contributed by atoms with van der Waals surface area (Å²) < 4.78 is 1.71. The molecule has 0 amide bonds. The maximum absolute atomic E-state index is 13.0. The summed E-state index contributed by atoms with van der Waals surface area (Å²) in [6.07, 6.45) is 2.57. The smallest absolute Gasteiger partial charge is 0.261 e. The number of ketones is 1. The van der Waals surface area contributed by atoms with Crippen molar-refractivity contribution in [2.24, 2.45) is 0 Å². The number of rotatable bonds is 7. The molecule has 1 saturated heterocycles. The number of hydrogen-bond acceptors (Lipinski definition) is 6. The zero-order valence-corrected chi connectivity index (χ0v) is 18.2. The molecule has 4 rings (SSSR count). The Bertz CT molecular complexity index is 1130. The highest BCUT2D eigenvalue weighted by molar-refractivity contribution is 5.95. The Morgan fingerprint density at radius 1 is 1.03 bits per heavy atom. The fourth-order valence-electron chi connectivity index (χ4n) is 3.91. The number of nitrogens with zero attached hydrogens (tertiary/aromatic N) is 4. The Morgan fingerprint density at radius 3 is 2.58 bits per heavy atom. The van der Waals surface area contributed by atoms with Crippen LogP contribution in [-0.2, 0) is 6.54 Å². The first-order valence-corrected chi connectivity index (χ1v) is 10.8. The highest BCUT2D eigenvalue weighted by Crippen LogP contribution is 2.21. The van der Waals surface area contributed by atoms with Gasteiger partial charge >= 0.3 is 0 Å². The fraction of sp³-hybridized carbons (Fsp3) is 0.375. The average molecular weight is 420 g/mol. The lowest BCUT2D eigenvalue weighted by Crippen LogP contribution is -2.44. The van der Waals surface area contributed by atoms with Crippen molar-refractivity contribution in [3.8, 4) is 0 Å². The van der Waals surface area contributed by atoms with Crippen molar-refractivity contribution in [3.63, 3.8) is 0 Å². The summed E-state index contributed by atoms with van der Waals surface area (Å²) in [5, 5.41) is 3.88. The molecule has 0 spiro atoms. The van der Waals surface area contributed by atoms with E-state index in [1.807, 2.05) is 36.4 Å². The number of benzene rings is 2. The van der Waals surface area contributed by atoms with E-state index >= 15 is 0 Å². The number of anilines is 2. The summed E-state index contributed by atoms with van der Waals surface area (Å²) in [6, 6.07) is 12.9. The van der Waals surface area contributed by atoms with Crippen molar-refractivity contribution < 1.29 is 4.79 Å². The van der Waals surface area contributed by atoms with Crippen LogP contribution in [0, 0.1) is 0 Å². The van der Waals surface area contributed by atoms with Crippen molar-refractivity contribution in [2.45, 2.75) is 19.9 Å². The number of fused-ring (bicyclic) bond motifs is 1. The van der Waals surface area contributed by atoms with Crippen molar-refractivity contribution in [2.75, 3.05) is 45.1 Å². The number of carbonyl (C=O) groups excluding carboxylic acids is 1. The molecule has 7 nitrogen and oxygen atoms in total. The molecule has 1 aliphatic heterocycles. The lowest BCUT2D eigenvalue weighted by atomic mass is 10.1. The largest absolute Gasteiger partial charge is 0.355 e. The maximum Gasteiger partial charge on any atom is 0.261 e. The Balaban J connectivity index is 1.47. The van der Waals surface area contributed by atoms with E-state index in [9.17, 15) is 9.59 Å². The number of piperazine rings is 1. The molecule has 162 valence electrons. The van der Waals surface area contributed by atoms with Crippen LogP contribution in [0.4, 0.5) is 11.4 Å². The first-order valence-electron chi connectivity index (χ1n) is 10.8. The first kappa shape index (κ1) is 21.2. The van der Waals surface area contributed by atoms with E-state index in [1.165, 1.54) is 0 Å². The zero-order chi connectivity index (χ0) is 21.8.